The van der Waals surface area contributed by atoms with Crippen LogP contribution in [0.5, 0.6) is 5.75 Å². The Hall–Kier alpha value is -1.28. The number of carbonyl (C=O) groups is 1. The minimum absolute atomic E-state index is 0.0522. The number of esters is 1. The first-order chi connectivity index (χ1) is 9.22. The molecule has 2 aromatic carbocycles. The van der Waals surface area contributed by atoms with Gasteiger partial charge in [0.1, 0.15) is 0 Å². The van der Waals surface area contributed by atoms with Crippen LogP contribution < -0.4 is 9.20 Å². The van der Waals surface area contributed by atoms with E-state index in [9.17, 15) is 4.79 Å². The molecule has 0 saturated heterocycles. The molecular formula is C15H11ClO2Se. The second-order valence-corrected chi connectivity index (χ2v) is 7.41. The third-order valence-electron chi connectivity index (χ3n) is 2.94. The summed E-state index contributed by atoms with van der Waals surface area (Å²) < 4.78 is 6.56. The molecule has 1 unspecified atom stereocenters. The van der Waals surface area contributed by atoms with Crippen molar-refractivity contribution in [2.45, 2.75) is 11.2 Å². The van der Waals surface area contributed by atoms with Gasteiger partial charge in [0.25, 0.3) is 0 Å². The number of carbonyl (C=O) groups excluding carboxylic acids is 1. The predicted octanol–water partition coefficient (Wildman–Crippen LogP) is 2.62. The molecule has 0 spiro atoms. The van der Waals surface area contributed by atoms with Crippen molar-refractivity contribution in [2.24, 2.45) is 0 Å². The Labute approximate surface area is 122 Å². The van der Waals surface area contributed by atoms with Gasteiger partial charge in [0.05, 0.1) is 0 Å². The topological polar surface area (TPSA) is 26.3 Å². The van der Waals surface area contributed by atoms with Gasteiger partial charge in [-0.25, -0.2) is 0 Å². The first-order valence-electron chi connectivity index (χ1n) is 5.94. The van der Waals surface area contributed by atoms with Crippen molar-refractivity contribution in [1.82, 2.24) is 0 Å². The van der Waals surface area contributed by atoms with Crippen molar-refractivity contribution < 1.29 is 9.53 Å². The standard InChI is InChI=1S/C15H11ClO2Se/c16-11-5-7-12(8-6-11)19-14-9-10-3-1-2-4-13(10)18-15(14)17/h1-8,14H,9H2. The Bertz CT molecular complexity index is 610. The molecule has 0 aliphatic carbocycles. The summed E-state index contributed by atoms with van der Waals surface area (Å²) in [6.45, 7) is 0. The minimum atomic E-state index is -0.117. The molecule has 0 saturated carbocycles. The van der Waals surface area contributed by atoms with E-state index in [1.807, 2.05) is 48.5 Å². The maximum atomic E-state index is 12.0. The average Bonchev–Trinajstić information content (AvgIpc) is 2.42. The van der Waals surface area contributed by atoms with Crippen molar-refractivity contribution in [1.29, 1.82) is 0 Å². The molecule has 4 heteroatoms. The molecule has 1 heterocycles. The Balaban J connectivity index is 1.79. The van der Waals surface area contributed by atoms with Crippen LogP contribution in [0.2, 0.25) is 9.84 Å². The number of hydrogen-bond acceptors (Lipinski definition) is 2. The zero-order valence-corrected chi connectivity index (χ0v) is 12.5. The molecule has 96 valence electrons. The molecule has 2 nitrogen and oxygen atoms in total. The summed E-state index contributed by atoms with van der Waals surface area (Å²) in [4.78, 5) is 11.9. The van der Waals surface area contributed by atoms with E-state index < -0.39 is 0 Å². The Kier molecular flexibility index (Phi) is 3.60. The summed E-state index contributed by atoms with van der Waals surface area (Å²) in [5.74, 6) is 0.587. The van der Waals surface area contributed by atoms with E-state index in [0.717, 1.165) is 17.0 Å². The van der Waals surface area contributed by atoms with Crippen LogP contribution in [0.4, 0.5) is 0 Å². The number of para-hydroxylation sites is 1. The van der Waals surface area contributed by atoms with Gasteiger partial charge >= 0.3 is 123 Å². The van der Waals surface area contributed by atoms with Gasteiger partial charge in [0, 0.05) is 0 Å². The first-order valence-corrected chi connectivity index (χ1v) is 8.16. The van der Waals surface area contributed by atoms with Crippen molar-refractivity contribution in [3.63, 3.8) is 0 Å². The van der Waals surface area contributed by atoms with Gasteiger partial charge in [0.2, 0.25) is 0 Å². The summed E-state index contributed by atoms with van der Waals surface area (Å²) in [5, 5.41) is 0.719. The van der Waals surface area contributed by atoms with Crippen LogP contribution >= 0.6 is 11.6 Å². The molecule has 0 amide bonds. The monoisotopic (exact) mass is 338 g/mol. The Morgan fingerprint density at radius 1 is 1.11 bits per heavy atom. The van der Waals surface area contributed by atoms with E-state index >= 15 is 0 Å². The summed E-state index contributed by atoms with van der Waals surface area (Å²) in [6, 6.07) is 15.4. The fraction of sp³-hybridized carbons (Fsp3) is 0.133. The van der Waals surface area contributed by atoms with Gasteiger partial charge in [-0.2, -0.15) is 0 Å². The van der Waals surface area contributed by atoms with Crippen molar-refractivity contribution >= 4 is 37.0 Å². The van der Waals surface area contributed by atoms with Gasteiger partial charge in [-0.05, 0) is 0 Å². The third-order valence-corrected chi connectivity index (χ3v) is 5.69. The SMILES string of the molecule is O=C1Oc2ccccc2CC1[Se]c1ccc(Cl)cc1. The Morgan fingerprint density at radius 2 is 1.84 bits per heavy atom. The molecule has 0 aromatic heterocycles. The molecule has 1 aliphatic rings. The molecule has 19 heavy (non-hydrogen) atoms. The zero-order valence-electron chi connectivity index (χ0n) is 10.0. The normalized spacial score (nSPS) is 17.7. The summed E-state index contributed by atoms with van der Waals surface area (Å²) >= 11 is 5.93. The van der Waals surface area contributed by atoms with E-state index in [1.165, 1.54) is 4.46 Å². The van der Waals surface area contributed by atoms with E-state index in [-0.39, 0.29) is 25.7 Å². The van der Waals surface area contributed by atoms with Crippen LogP contribution in [0, 0.1) is 0 Å². The zero-order chi connectivity index (χ0) is 13.2. The number of halogens is 1. The first kappa shape index (κ1) is 12.7. The molecule has 1 aliphatic heterocycles. The number of rotatable bonds is 2. The van der Waals surface area contributed by atoms with E-state index in [4.69, 9.17) is 16.3 Å². The van der Waals surface area contributed by atoms with Gasteiger partial charge in [0.15, 0.2) is 0 Å². The van der Waals surface area contributed by atoms with E-state index in [0.29, 0.717) is 5.75 Å². The second-order valence-electron chi connectivity index (χ2n) is 4.29. The van der Waals surface area contributed by atoms with Crippen LogP contribution in [0.3, 0.4) is 0 Å². The van der Waals surface area contributed by atoms with Gasteiger partial charge in [-0.1, -0.05) is 0 Å². The summed E-state index contributed by atoms with van der Waals surface area (Å²) in [7, 11) is 0. The molecule has 0 fully saturated rings. The number of benzene rings is 2. The number of fused-ring (bicyclic) bond motifs is 1. The van der Waals surface area contributed by atoms with E-state index in [2.05, 4.69) is 0 Å². The number of ether oxygens (including phenoxy) is 1. The van der Waals surface area contributed by atoms with E-state index in [1.54, 1.807) is 0 Å². The van der Waals surface area contributed by atoms with Gasteiger partial charge in [-0.15, -0.1) is 0 Å². The predicted molar refractivity (Wildman–Crippen MR) is 76.4 cm³/mol. The fourth-order valence-electron chi connectivity index (χ4n) is 2.00. The Morgan fingerprint density at radius 3 is 2.63 bits per heavy atom. The van der Waals surface area contributed by atoms with Gasteiger partial charge in [-0.3, -0.25) is 0 Å². The molecule has 1 atom stereocenters. The molecule has 0 bridgehead atoms. The summed E-state index contributed by atoms with van der Waals surface area (Å²) in [5.41, 5.74) is 1.11. The molecule has 0 N–H and O–H groups in total. The van der Waals surface area contributed by atoms with Crippen molar-refractivity contribution in [3.05, 3.63) is 59.1 Å². The van der Waals surface area contributed by atoms with Crippen LogP contribution in [0.1, 0.15) is 5.56 Å². The second kappa shape index (κ2) is 5.38. The molecule has 3 rings (SSSR count). The van der Waals surface area contributed by atoms with Crippen molar-refractivity contribution in [3.8, 4) is 5.75 Å². The van der Waals surface area contributed by atoms with Crippen LogP contribution in [-0.2, 0) is 11.2 Å². The quantitative estimate of drug-likeness (QED) is 0.478. The van der Waals surface area contributed by atoms with Crippen LogP contribution in [0.15, 0.2) is 48.5 Å². The average molecular weight is 338 g/mol. The van der Waals surface area contributed by atoms with Gasteiger partial charge < -0.3 is 0 Å². The van der Waals surface area contributed by atoms with Crippen LogP contribution in [-0.4, -0.2) is 20.9 Å². The summed E-state index contributed by atoms with van der Waals surface area (Å²) in [6.07, 6.45) is 0.762. The molecule has 0 radical (unpaired) electrons. The van der Waals surface area contributed by atoms with Crippen LogP contribution in [0.25, 0.3) is 0 Å². The maximum absolute atomic E-state index is 12.0. The molecular weight excluding hydrogens is 327 g/mol. The fourth-order valence-corrected chi connectivity index (χ4v) is 4.28. The third kappa shape index (κ3) is 2.84. The number of hydrogen-bond donors (Lipinski definition) is 0. The molecule has 2 aromatic rings. The van der Waals surface area contributed by atoms with Crippen molar-refractivity contribution in [2.75, 3.05) is 0 Å².